The van der Waals surface area contributed by atoms with E-state index in [1.54, 1.807) is 6.92 Å². The highest BCUT2D eigenvalue weighted by atomic mass is 32.2. The number of aliphatic imine (C=N–C) groups is 1. The number of aliphatic carboxylic acids is 1. The SMILES string of the molecule is CC(N)=NCCSC[C@H](N)C(=O)O. The maximum atomic E-state index is 10.3. The molecule has 0 fully saturated rings. The average Bonchev–Trinajstić information content (AvgIpc) is 2.02. The van der Waals surface area contributed by atoms with Crippen LogP contribution >= 0.6 is 11.8 Å². The third kappa shape index (κ3) is 7.61. The molecular formula is C7H15N3O2S. The van der Waals surface area contributed by atoms with Gasteiger partial charge in [0, 0.05) is 18.1 Å². The zero-order valence-electron chi connectivity index (χ0n) is 7.56. The fraction of sp³-hybridized carbons (Fsp3) is 0.714. The Bertz CT molecular complexity index is 192. The maximum absolute atomic E-state index is 10.3. The molecule has 6 heteroatoms. The van der Waals surface area contributed by atoms with Gasteiger partial charge in [0.25, 0.3) is 0 Å². The lowest BCUT2D eigenvalue weighted by molar-refractivity contribution is -0.137. The summed E-state index contributed by atoms with van der Waals surface area (Å²) in [5.41, 5.74) is 10.6. The molecule has 5 nitrogen and oxygen atoms in total. The molecule has 0 heterocycles. The highest BCUT2D eigenvalue weighted by molar-refractivity contribution is 7.99. The van der Waals surface area contributed by atoms with Crippen molar-refractivity contribution in [2.75, 3.05) is 18.1 Å². The number of hydrogen-bond acceptors (Lipinski definition) is 4. The Morgan fingerprint density at radius 1 is 1.69 bits per heavy atom. The van der Waals surface area contributed by atoms with Crippen LogP contribution in [-0.4, -0.2) is 41.0 Å². The maximum Gasteiger partial charge on any atom is 0.321 e. The third-order valence-electron chi connectivity index (χ3n) is 1.21. The summed E-state index contributed by atoms with van der Waals surface area (Å²) in [6.45, 7) is 2.33. The number of nitrogens with zero attached hydrogens (tertiary/aromatic N) is 1. The van der Waals surface area contributed by atoms with Crippen LogP contribution in [0.5, 0.6) is 0 Å². The van der Waals surface area contributed by atoms with E-state index in [1.807, 2.05) is 0 Å². The lowest BCUT2D eigenvalue weighted by Crippen LogP contribution is -2.32. The van der Waals surface area contributed by atoms with E-state index >= 15 is 0 Å². The van der Waals surface area contributed by atoms with Crippen molar-refractivity contribution in [2.24, 2.45) is 16.5 Å². The topological polar surface area (TPSA) is 102 Å². The zero-order valence-corrected chi connectivity index (χ0v) is 8.38. The van der Waals surface area contributed by atoms with Crippen LogP contribution in [-0.2, 0) is 4.79 Å². The van der Waals surface area contributed by atoms with Gasteiger partial charge in [0.15, 0.2) is 0 Å². The monoisotopic (exact) mass is 205 g/mol. The highest BCUT2D eigenvalue weighted by Gasteiger charge is 2.09. The number of amidine groups is 1. The number of rotatable bonds is 6. The molecular weight excluding hydrogens is 190 g/mol. The number of carboxylic acid groups (broad SMARTS) is 1. The van der Waals surface area contributed by atoms with Crippen LogP contribution in [0.25, 0.3) is 0 Å². The molecule has 0 radical (unpaired) electrons. The number of nitrogens with two attached hydrogens (primary N) is 2. The van der Waals surface area contributed by atoms with Crippen molar-refractivity contribution in [2.45, 2.75) is 13.0 Å². The Morgan fingerprint density at radius 2 is 2.31 bits per heavy atom. The molecule has 0 aromatic heterocycles. The second-order valence-electron chi connectivity index (χ2n) is 2.54. The van der Waals surface area contributed by atoms with E-state index in [0.29, 0.717) is 18.1 Å². The molecule has 0 unspecified atom stereocenters. The van der Waals surface area contributed by atoms with Crippen LogP contribution in [0.3, 0.4) is 0 Å². The first kappa shape index (κ1) is 12.2. The Kier molecular flexibility index (Phi) is 6.34. The van der Waals surface area contributed by atoms with Crippen LogP contribution in [0.4, 0.5) is 0 Å². The summed E-state index contributed by atoms with van der Waals surface area (Å²) in [5.74, 6) is 0.735. The van der Waals surface area contributed by atoms with Crippen molar-refractivity contribution in [3.05, 3.63) is 0 Å². The van der Waals surface area contributed by atoms with Crippen LogP contribution in [0.1, 0.15) is 6.92 Å². The second kappa shape index (κ2) is 6.73. The first-order valence-corrected chi connectivity index (χ1v) is 5.02. The Labute approximate surface area is 81.6 Å². The van der Waals surface area contributed by atoms with Crippen LogP contribution < -0.4 is 11.5 Å². The van der Waals surface area contributed by atoms with E-state index in [2.05, 4.69) is 4.99 Å². The van der Waals surface area contributed by atoms with Gasteiger partial charge < -0.3 is 16.6 Å². The van der Waals surface area contributed by atoms with Gasteiger partial charge in [-0.1, -0.05) is 0 Å². The first-order valence-electron chi connectivity index (χ1n) is 3.86. The predicted octanol–water partition coefficient (Wildman–Crippen LogP) is -0.491. The fourth-order valence-corrected chi connectivity index (χ4v) is 1.35. The normalized spacial score (nSPS) is 14.2. The molecule has 0 aliphatic carbocycles. The minimum Gasteiger partial charge on any atom is -0.480 e. The van der Waals surface area contributed by atoms with Crippen LogP contribution in [0.2, 0.25) is 0 Å². The van der Waals surface area contributed by atoms with Gasteiger partial charge in [-0.2, -0.15) is 11.8 Å². The average molecular weight is 205 g/mol. The first-order chi connectivity index (χ1) is 6.04. The number of thioether (sulfide) groups is 1. The van der Waals surface area contributed by atoms with Crippen molar-refractivity contribution in [3.63, 3.8) is 0 Å². The largest absolute Gasteiger partial charge is 0.480 e. The molecule has 5 N–H and O–H groups in total. The number of carbonyl (C=O) groups is 1. The third-order valence-corrected chi connectivity index (χ3v) is 2.28. The highest BCUT2D eigenvalue weighted by Crippen LogP contribution is 2.01. The molecule has 76 valence electrons. The van der Waals surface area contributed by atoms with E-state index < -0.39 is 12.0 Å². The van der Waals surface area contributed by atoms with E-state index in [-0.39, 0.29) is 0 Å². The molecule has 0 aliphatic rings. The zero-order chi connectivity index (χ0) is 10.3. The quantitative estimate of drug-likeness (QED) is 0.308. The van der Waals surface area contributed by atoms with E-state index in [9.17, 15) is 4.79 Å². The van der Waals surface area contributed by atoms with E-state index in [0.717, 1.165) is 5.75 Å². The summed E-state index contributed by atoms with van der Waals surface area (Å²) >= 11 is 1.46. The number of hydrogen-bond donors (Lipinski definition) is 3. The van der Waals surface area contributed by atoms with Crippen LogP contribution in [0, 0.1) is 0 Å². The van der Waals surface area contributed by atoms with Gasteiger partial charge in [0.1, 0.15) is 6.04 Å². The molecule has 0 rings (SSSR count). The molecule has 0 amide bonds. The van der Waals surface area contributed by atoms with Gasteiger partial charge in [-0.05, 0) is 6.92 Å². The summed E-state index contributed by atoms with van der Waals surface area (Å²) in [6, 6.07) is -0.784. The molecule has 0 saturated heterocycles. The summed E-state index contributed by atoms with van der Waals surface area (Å²) in [6.07, 6.45) is 0. The van der Waals surface area contributed by atoms with Crippen molar-refractivity contribution < 1.29 is 9.90 Å². The molecule has 0 saturated carbocycles. The minimum absolute atomic E-state index is 0.411. The van der Waals surface area contributed by atoms with Gasteiger partial charge in [-0.3, -0.25) is 9.79 Å². The second-order valence-corrected chi connectivity index (χ2v) is 3.69. The van der Waals surface area contributed by atoms with Crippen LogP contribution in [0.15, 0.2) is 4.99 Å². The summed E-state index contributed by atoms with van der Waals surface area (Å²) < 4.78 is 0. The summed E-state index contributed by atoms with van der Waals surface area (Å²) in [5, 5.41) is 8.44. The Balaban J connectivity index is 3.36. The predicted molar refractivity (Wildman–Crippen MR) is 55.1 cm³/mol. The number of carboxylic acids is 1. The van der Waals surface area contributed by atoms with E-state index in [1.165, 1.54) is 11.8 Å². The Hall–Kier alpha value is -0.750. The van der Waals surface area contributed by atoms with Gasteiger partial charge in [0.2, 0.25) is 0 Å². The summed E-state index contributed by atoms with van der Waals surface area (Å²) in [7, 11) is 0. The molecule has 0 bridgehead atoms. The Morgan fingerprint density at radius 3 is 2.77 bits per heavy atom. The van der Waals surface area contributed by atoms with Gasteiger partial charge in [-0.15, -0.1) is 0 Å². The lowest BCUT2D eigenvalue weighted by atomic mass is 10.4. The molecule has 0 aromatic rings. The molecule has 0 aromatic carbocycles. The van der Waals surface area contributed by atoms with Crippen molar-refractivity contribution >= 4 is 23.6 Å². The van der Waals surface area contributed by atoms with Gasteiger partial charge in [-0.25, -0.2) is 0 Å². The van der Waals surface area contributed by atoms with E-state index in [4.69, 9.17) is 16.6 Å². The van der Waals surface area contributed by atoms with Gasteiger partial charge in [0.05, 0.1) is 5.84 Å². The molecule has 0 aliphatic heterocycles. The fourth-order valence-electron chi connectivity index (χ4n) is 0.568. The standard InChI is InChI=1S/C7H15N3O2S/c1-5(8)10-2-3-13-4-6(9)7(11)12/h6H,2-4,9H2,1H3,(H2,8,10)(H,11,12)/t6-/m0/s1. The van der Waals surface area contributed by atoms with Crippen molar-refractivity contribution in [1.29, 1.82) is 0 Å². The minimum atomic E-state index is -0.967. The summed E-state index contributed by atoms with van der Waals surface area (Å²) in [4.78, 5) is 14.2. The van der Waals surface area contributed by atoms with Crippen molar-refractivity contribution in [1.82, 2.24) is 0 Å². The molecule has 0 spiro atoms. The molecule has 13 heavy (non-hydrogen) atoms. The molecule has 1 atom stereocenters. The lowest BCUT2D eigenvalue weighted by Gasteiger charge is -2.04. The van der Waals surface area contributed by atoms with Gasteiger partial charge >= 0.3 is 5.97 Å². The van der Waals surface area contributed by atoms with Crippen molar-refractivity contribution in [3.8, 4) is 0 Å². The smallest absolute Gasteiger partial charge is 0.321 e.